The molecule has 0 fully saturated rings. The van der Waals surface area contributed by atoms with Crippen molar-refractivity contribution >= 4 is 28.6 Å². The van der Waals surface area contributed by atoms with E-state index in [-0.39, 0.29) is 12.5 Å². The molecule has 118 valence electrons. The lowest BCUT2D eigenvalue weighted by molar-refractivity contribution is 0.0703. The van der Waals surface area contributed by atoms with Gasteiger partial charge in [0.05, 0.1) is 6.61 Å². The highest BCUT2D eigenvalue weighted by Crippen LogP contribution is 2.26. The van der Waals surface area contributed by atoms with Crippen molar-refractivity contribution in [1.82, 2.24) is 9.88 Å². The first-order valence-corrected chi connectivity index (χ1v) is 9.02. The molecule has 1 N–H and O–H groups in total. The van der Waals surface area contributed by atoms with Crippen LogP contribution >= 0.6 is 22.7 Å². The van der Waals surface area contributed by atoms with Crippen LogP contribution in [-0.4, -0.2) is 34.0 Å². The zero-order valence-electron chi connectivity index (χ0n) is 12.4. The Balaban J connectivity index is 1.78. The number of hydrogen-bond acceptors (Lipinski definition) is 5. The van der Waals surface area contributed by atoms with Gasteiger partial charge in [-0.1, -0.05) is 30.3 Å². The molecule has 0 aliphatic carbocycles. The number of carbonyl (C=O) groups excluding carboxylic acids is 1. The molecule has 6 heteroatoms. The molecular weight excluding hydrogens is 328 g/mol. The molecule has 0 spiro atoms. The summed E-state index contributed by atoms with van der Waals surface area (Å²) in [6, 6.07) is 11.7. The quantitative estimate of drug-likeness (QED) is 0.744. The zero-order valence-corrected chi connectivity index (χ0v) is 14.0. The predicted molar refractivity (Wildman–Crippen MR) is 93.7 cm³/mol. The summed E-state index contributed by atoms with van der Waals surface area (Å²) in [4.78, 5) is 18.8. The van der Waals surface area contributed by atoms with Gasteiger partial charge in [0, 0.05) is 29.4 Å². The fourth-order valence-corrected chi connectivity index (χ4v) is 3.74. The minimum absolute atomic E-state index is 0.0693. The highest BCUT2D eigenvalue weighted by atomic mass is 32.1. The Bertz CT molecular complexity index is 754. The van der Waals surface area contributed by atoms with Crippen LogP contribution in [0.1, 0.15) is 16.1 Å². The summed E-state index contributed by atoms with van der Waals surface area (Å²) >= 11 is 3.07. The molecule has 2 aromatic heterocycles. The third-order valence-electron chi connectivity index (χ3n) is 3.36. The average molecular weight is 344 g/mol. The van der Waals surface area contributed by atoms with Crippen LogP contribution in [0.3, 0.4) is 0 Å². The molecule has 0 aliphatic heterocycles. The van der Waals surface area contributed by atoms with Crippen LogP contribution in [0.5, 0.6) is 0 Å². The molecule has 2 heterocycles. The summed E-state index contributed by atoms with van der Waals surface area (Å²) < 4.78 is 0. The lowest BCUT2D eigenvalue weighted by Crippen LogP contribution is -2.33. The van der Waals surface area contributed by atoms with Gasteiger partial charge in [-0.2, -0.15) is 11.3 Å². The molecule has 0 aliphatic rings. The van der Waals surface area contributed by atoms with Gasteiger partial charge in [0.2, 0.25) is 0 Å². The summed E-state index contributed by atoms with van der Waals surface area (Å²) in [6.45, 7) is 0.685. The molecular formula is C17H16N2O2S2. The largest absolute Gasteiger partial charge is 0.395 e. The Morgan fingerprint density at radius 3 is 2.70 bits per heavy atom. The van der Waals surface area contributed by atoms with Gasteiger partial charge < -0.3 is 10.0 Å². The van der Waals surface area contributed by atoms with E-state index < -0.39 is 0 Å². The predicted octanol–water partition coefficient (Wildman–Crippen LogP) is 3.51. The second-order valence-corrected chi connectivity index (χ2v) is 6.62. The van der Waals surface area contributed by atoms with E-state index in [0.29, 0.717) is 18.8 Å². The highest BCUT2D eigenvalue weighted by Gasteiger charge is 2.19. The summed E-state index contributed by atoms with van der Waals surface area (Å²) in [7, 11) is 0. The summed E-state index contributed by atoms with van der Waals surface area (Å²) in [5.41, 5.74) is 2.50. The maximum absolute atomic E-state index is 12.7. The SMILES string of the molecule is O=C(c1csc(-c2ccsc2)n1)N(CCO)Cc1ccccc1. The van der Waals surface area contributed by atoms with Gasteiger partial charge in [0.1, 0.15) is 10.7 Å². The molecule has 3 aromatic rings. The number of nitrogens with zero attached hydrogens (tertiary/aromatic N) is 2. The molecule has 1 aromatic carbocycles. The van der Waals surface area contributed by atoms with Crippen molar-refractivity contribution in [3.8, 4) is 10.6 Å². The highest BCUT2D eigenvalue weighted by molar-refractivity contribution is 7.14. The fraction of sp³-hybridized carbons (Fsp3) is 0.176. The van der Waals surface area contributed by atoms with Gasteiger partial charge in [-0.05, 0) is 17.0 Å². The zero-order chi connectivity index (χ0) is 16.1. The third kappa shape index (κ3) is 3.85. The number of aromatic nitrogens is 1. The molecule has 0 unspecified atom stereocenters. The van der Waals surface area contributed by atoms with Gasteiger partial charge in [-0.15, -0.1) is 11.3 Å². The molecule has 3 rings (SSSR count). The van der Waals surface area contributed by atoms with Crippen LogP contribution in [0.4, 0.5) is 0 Å². The minimum Gasteiger partial charge on any atom is -0.395 e. The molecule has 0 bridgehead atoms. The van der Waals surface area contributed by atoms with E-state index in [9.17, 15) is 9.90 Å². The first-order valence-electron chi connectivity index (χ1n) is 7.20. The van der Waals surface area contributed by atoms with Crippen molar-refractivity contribution in [2.75, 3.05) is 13.2 Å². The third-order valence-corrected chi connectivity index (χ3v) is 4.94. The van der Waals surface area contributed by atoms with Crippen molar-refractivity contribution in [3.05, 3.63) is 63.8 Å². The smallest absolute Gasteiger partial charge is 0.273 e. The van der Waals surface area contributed by atoms with Gasteiger partial charge in [0.25, 0.3) is 5.91 Å². The van der Waals surface area contributed by atoms with E-state index >= 15 is 0 Å². The number of aliphatic hydroxyl groups excluding tert-OH is 1. The van der Waals surface area contributed by atoms with Crippen molar-refractivity contribution < 1.29 is 9.90 Å². The average Bonchev–Trinajstić information content (AvgIpc) is 3.26. The maximum atomic E-state index is 12.7. The lowest BCUT2D eigenvalue weighted by Gasteiger charge is -2.20. The molecule has 4 nitrogen and oxygen atoms in total. The molecule has 0 atom stereocenters. The second-order valence-electron chi connectivity index (χ2n) is 4.99. The molecule has 0 radical (unpaired) electrons. The van der Waals surface area contributed by atoms with Crippen LogP contribution in [0, 0.1) is 0 Å². The Kier molecular flexibility index (Phi) is 5.17. The van der Waals surface area contributed by atoms with E-state index in [1.165, 1.54) is 11.3 Å². The molecule has 0 saturated heterocycles. The summed E-state index contributed by atoms with van der Waals surface area (Å²) in [6.07, 6.45) is 0. The van der Waals surface area contributed by atoms with Gasteiger partial charge in [0.15, 0.2) is 0 Å². The van der Waals surface area contributed by atoms with Crippen LogP contribution in [0.2, 0.25) is 0 Å². The van der Waals surface area contributed by atoms with E-state index in [1.54, 1.807) is 21.6 Å². The van der Waals surface area contributed by atoms with Gasteiger partial charge >= 0.3 is 0 Å². The van der Waals surface area contributed by atoms with Crippen LogP contribution in [0.15, 0.2) is 52.5 Å². The summed E-state index contributed by atoms with van der Waals surface area (Å²) in [5.74, 6) is -0.152. The number of thiazole rings is 1. The second kappa shape index (κ2) is 7.50. The number of benzene rings is 1. The molecule has 23 heavy (non-hydrogen) atoms. The Morgan fingerprint density at radius 1 is 1.17 bits per heavy atom. The summed E-state index contributed by atoms with van der Waals surface area (Å²) in [5, 5.41) is 15.9. The van der Waals surface area contributed by atoms with Crippen molar-refractivity contribution in [2.24, 2.45) is 0 Å². The molecule has 1 amide bonds. The van der Waals surface area contributed by atoms with Gasteiger partial charge in [-0.3, -0.25) is 4.79 Å². The van der Waals surface area contributed by atoms with Crippen molar-refractivity contribution in [1.29, 1.82) is 0 Å². The van der Waals surface area contributed by atoms with E-state index in [1.807, 2.05) is 47.2 Å². The minimum atomic E-state index is -0.152. The topological polar surface area (TPSA) is 53.4 Å². The standard InChI is InChI=1S/C17H16N2O2S2/c20-8-7-19(10-13-4-2-1-3-5-13)17(21)15-12-23-16(18-15)14-6-9-22-11-14/h1-6,9,11-12,20H,7-8,10H2. The van der Waals surface area contributed by atoms with E-state index in [2.05, 4.69) is 4.98 Å². The van der Waals surface area contributed by atoms with Gasteiger partial charge in [-0.25, -0.2) is 4.98 Å². The Morgan fingerprint density at radius 2 is 2.00 bits per heavy atom. The Labute approximate surface area is 142 Å². The number of thiophene rings is 1. The van der Waals surface area contributed by atoms with E-state index in [4.69, 9.17) is 0 Å². The first-order chi connectivity index (χ1) is 11.3. The number of amides is 1. The number of carbonyl (C=O) groups is 1. The molecule has 0 saturated carbocycles. The van der Waals surface area contributed by atoms with Crippen LogP contribution < -0.4 is 0 Å². The first kappa shape index (κ1) is 15.9. The number of aliphatic hydroxyl groups is 1. The van der Waals surface area contributed by atoms with Crippen LogP contribution in [0.25, 0.3) is 10.6 Å². The van der Waals surface area contributed by atoms with E-state index in [0.717, 1.165) is 16.1 Å². The van der Waals surface area contributed by atoms with Crippen LogP contribution in [-0.2, 0) is 6.54 Å². The number of hydrogen-bond donors (Lipinski definition) is 1. The Hall–Kier alpha value is -2.02. The normalized spacial score (nSPS) is 10.7. The van der Waals surface area contributed by atoms with Crippen molar-refractivity contribution in [2.45, 2.75) is 6.54 Å². The maximum Gasteiger partial charge on any atom is 0.273 e. The fourth-order valence-electron chi connectivity index (χ4n) is 2.23. The van der Waals surface area contributed by atoms with Crippen molar-refractivity contribution in [3.63, 3.8) is 0 Å². The number of rotatable bonds is 6. The monoisotopic (exact) mass is 344 g/mol. The lowest BCUT2D eigenvalue weighted by atomic mass is 10.2.